The summed E-state index contributed by atoms with van der Waals surface area (Å²) in [6.45, 7) is 4.85. The molecule has 0 saturated heterocycles. The third-order valence-electron chi connectivity index (χ3n) is 4.25. The molecule has 4 nitrogen and oxygen atoms in total. The Morgan fingerprint density at radius 1 is 1.26 bits per heavy atom. The minimum Gasteiger partial charge on any atom is -0.372 e. The van der Waals surface area contributed by atoms with Crippen LogP contribution < -0.4 is 16.0 Å². The summed E-state index contributed by atoms with van der Waals surface area (Å²) in [4.78, 5) is 14.3. The van der Waals surface area contributed by atoms with Crippen molar-refractivity contribution >= 4 is 36.4 Å². The highest BCUT2D eigenvalue weighted by atomic mass is 35.5. The molecule has 0 spiro atoms. The van der Waals surface area contributed by atoms with Crippen molar-refractivity contribution in [3.8, 4) is 0 Å². The van der Waals surface area contributed by atoms with Crippen molar-refractivity contribution in [1.29, 1.82) is 0 Å². The van der Waals surface area contributed by atoms with E-state index in [0.717, 1.165) is 45.3 Å². The SMILES string of the molecule is CCN(CCCNC(=O)C1CCC(N)C1)c1ccccc1.Cl.Cl. The number of para-hydroxylation sites is 1. The van der Waals surface area contributed by atoms with Gasteiger partial charge in [-0.1, -0.05) is 18.2 Å². The maximum Gasteiger partial charge on any atom is 0.223 e. The molecule has 2 unspecified atom stereocenters. The van der Waals surface area contributed by atoms with Gasteiger partial charge in [0.15, 0.2) is 0 Å². The van der Waals surface area contributed by atoms with Gasteiger partial charge in [0.1, 0.15) is 0 Å². The second kappa shape index (κ2) is 11.5. The summed E-state index contributed by atoms with van der Waals surface area (Å²) < 4.78 is 0. The molecule has 1 fully saturated rings. The van der Waals surface area contributed by atoms with Crippen molar-refractivity contribution < 1.29 is 4.79 Å². The molecule has 3 N–H and O–H groups in total. The number of nitrogens with one attached hydrogen (secondary N) is 1. The van der Waals surface area contributed by atoms with Crippen LogP contribution in [0.25, 0.3) is 0 Å². The molecule has 1 aliphatic carbocycles. The van der Waals surface area contributed by atoms with E-state index in [4.69, 9.17) is 5.73 Å². The number of rotatable bonds is 7. The number of anilines is 1. The van der Waals surface area contributed by atoms with E-state index in [2.05, 4.69) is 41.4 Å². The number of nitrogens with two attached hydrogens (primary N) is 1. The molecule has 2 atom stereocenters. The van der Waals surface area contributed by atoms with E-state index in [1.165, 1.54) is 5.69 Å². The van der Waals surface area contributed by atoms with E-state index in [-0.39, 0.29) is 42.7 Å². The van der Waals surface area contributed by atoms with E-state index in [9.17, 15) is 4.79 Å². The average Bonchev–Trinajstić information content (AvgIpc) is 2.95. The molecule has 1 amide bonds. The van der Waals surface area contributed by atoms with Gasteiger partial charge in [-0.2, -0.15) is 0 Å². The first-order chi connectivity index (χ1) is 10.2. The lowest BCUT2D eigenvalue weighted by Gasteiger charge is -2.23. The van der Waals surface area contributed by atoms with Crippen LogP contribution in [0.5, 0.6) is 0 Å². The largest absolute Gasteiger partial charge is 0.372 e. The third-order valence-corrected chi connectivity index (χ3v) is 4.25. The molecule has 2 rings (SSSR count). The van der Waals surface area contributed by atoms with Gasteiger partial charge >= 0.3 is 0 Å². The van der Waals surface area contributed by atoms with Gasteiger partial charge in [-0.25, -0.2) is 0 Å². The van der Waals surface area contributed by atoms with Crippen LogP contribution in [0.3, 0.4) is 0 Å². The number of nitrogens with zero attached hydrogens (tertiary/aromatic N) is 1. The Kier molecular flexibility index (Phi) is 11.1. The van der Waals surface area contributed by atoms with Gasteiger partial charge in [0.05, 0.1) is 0 Å². The van der Waals surface area contributed by atoms with Crippen molar-refractivity contribution in [3.63, 3.8) is 0 Å². The molecule has 1 aromatic carbocycles. The van der Waals surface area contributed by atoms with Gasteiger partial charge in [0, 0.05) is 37.3 Å². The van der Waals surface area contributed by atoms with E-state index in [1.807, 2.05) is 6.07 Å². The van der Waals surface area contributed by atoms with Crippen LogP contribution in [0, 0.1) is 5.92 Å². The van der Waals surface area contributed by atoms with E-state index >= 15 is 0 Å². The number of amides is 1. The molecule has 1 aromatic rings. The summed E-state index contributed by atoms with van der Waals surface area (Å²) in [6, 6.07) is 10.6. The molecule has 0 heterocycles. The third kappa shape index (κ3) is 6.98. The summed E-state index contributed by atoms with van der Waals surface area (Å²) in [5.74, 6) is 0.321. The van der Waals surface area contributed by atoms with Gasteiger partial charge in [-0.3, -0.25) is 4.79 Å². The first-order valence-corrected chi connectivity index (χ1v) is 8.04. The fraction of sp³-hybridized carbons (Fsp3) is 0.588. The zero-order valence-electron chi connectivity index (χ0n) is 13.7. The van der Waals surface area contributed by atoms with E-state index < -0.39 is 0 Å². The lowest BCUT2D eigenvalue weighted by molar-refractivity contribution is -0.124. The van der Waals surface area contributed by atoms with Crippen LogP contribution >= 0.6 is 24.8 Å². The normalized spacial score (nSPS) is 19.4. The predicted octanol–water partition coefficient (Wildman–Crippen LogP) is 2.99. The molecule has 23 heavy (non-hydrogen) atoms. The molecule has 0 aromatic heterocycles. The highest BCUT2D eigenvalue weighted by Gasteiger charge is 2.27. The fourth-order valence-electron chi connectivity index (χ4n) is 2.99. The average molecular weight is 362 g/mol. The van der Waals surface area contributed by atoms with Gasteiger partial charge < -0.3 is 16.0 Å². The quantitative estimate of drug-likeness (QED) is 0.733. The van der Waals surface area contributed by atoms with Crippen molar-refractivity contribution in [2.75, 3.05) is 24.5 Å². The lowest BCUT2D eigenvalue weighted by Crippen LogP contribution is -2.33. The predicted molar refractivity (Wildman–Crippen MR) is 102 cm³/mol. The Morgan fingerprint density at radius 3 is 2.52 bits per heavy atom. The zero-order valence-corrected chi connectivity index (χ0v) is 15.4. The Bertz CT molecular complexity index is 445. The number of halogens is 2. The summed E-state index contributed by atoms with van der Waals surface area (Å²) in [6.07, 6.45) is 3.73. The van der Waals surface area contributed by atoms with Crippen LogP contribution in [-0.4, -0.2) is 31.6 Å². The fourth-order valence-corrected chi connectivity index (χ4v) is 2.99. The monoisotopic (exact) mass is 361 g/mol. The van der Waals surface area contributed by atoms with Gasteiger partial charge in [-0.15, -0.1) is 24.8 Å². The van der Waals surface area contributed by atoms with Crippen LogP contribution in [0.4, 0.5) is 5.69 Å². The zero-order chi connectivity index (χ0) is 15.1. The number of carbonyl (C=O) groups excluding carboxylic acids is 1. The first-order valence-electron chi connectivity index (χ1n) is 8.04. The van der Waals surface area contributed by atoms with Crippen LogP contribution in [0.15, 0.2) is 30.3 Å². The maximum atomic E-state index is 12.0. The van der Waals surface area contributed by atoms with Crippen molar-refractivity contribution in [1.82, 2.24) is 5.32 Å². The van der Waals surface area contributed by atoms with Crippen LogP contribution in [0.1, 0.15) is 32.6 Å². The summed E-state index contributed by atoms with van der Waals surface area (Å²) >= 11 is 0. The Balaban J connectivity index is 0.00000242. The van der Waals surface area contributed by atoms with Crippen molar-refractivity contribution in [2.24, 2.45) is 11.7 Å². The van der Waals surface area contributed by atoms with Gasteiger partial charge in [0.2, 0.25) is 5.91 Å². The Hall–Kier alpha value is -0.970. The molecule has 0 aliphatic heterocycles. The van der Waals surface area contributed by atoms with Gasteiger partial charge in [0.25, 0.3) is 0 Å². The molecular weight excluding hydrogens is 333 g/mol. The van der Waals surface area contributed by atoms with E-state index in [1.54, 1.807) is 0 Å². The van der Waals surface area contributed by atoms with Crippen LogP contribution in [-0.2, 0) is 4.79 Å². The summed E-state index contributed by atoms with van der Waals surface area (Å²) in [5.41, 5.74) is 7.10. The topological polar surface area (TPSA) is 58.4 Å². The second-order valence-electron chi connectivity index (χ2n) is 5.83. The first kappa shape index (κ1) is 22.0. The molecule has 0 radical (unpaired) electrons. The molecule has 0 bridgehead atoms. The number of hydrogen-bond donors (Lipinski definition) is 2. The van der Waals surface area contributed by atoms with Crippen molar-refractivity contribution in [3.05, 3.63) is 30.3 Å². The van der Waals surface area contributed by atoms with Crippen LogP contribution in [0.2, 0.25) is 0 Å². The van der Waals surface area contributed by atoms with Gasteiger partial charge in [-0.05, 0) is 44.7 Å². The molecule has 6 heteroatoms. The summed E-state index contributed by atoms with van der Waals surface area (Å²) in [7, 11) is 0. The van der Waals surface area contributed by atoms with E-state index in [0.29, 0.717) is 0 Å². The molecule has 132 valence electrons. The molecule has 1 saturated carbocycles. The standard InChI is InChI=1S/C17H27N3O.2ClH/c1-2-20(16-7-4-3-5-8-16)12-6-11-19-17(21)14-9-10-15(18)13-14;;/h3-5,7-8,14-15H,2,6,9-13,18H2,1H3,(H,19,21);2*1H. The number of carbonyl (C=O) groups is 1. The number of benzene rings is 1. The Morgan fingerprint density at radius 2 is 1.96 bits per heavy atom. The highest BCUT2D eigenvalue weighted by Crippen LogP contribution is 2.23. The Labute approximate surface area is 152 Å². The van der Waals surface area contributed by atoms with Crippen molar-refractivity contribution in [2.45, 2.75) is 38.6 Å². The highest BCUT2D eigenvalue weighted by molar-refractivity contribution is 5.85. The lowest BCUT2D eigenvalue weighted by atomic mass is 10.1. The smallest absolute Gasteiger partial charge is 0.223 e. The number of hydrogen-bond acceptors (Lipinski definition) is 3. The minimum absolute atomic E-state index is 0. The molecule has 1 aliphatic rings. The molecular formula is C17H29Cl2N3O. The minimum atomic E-state index is 0. The summed E-state index contributed by atoms with van der Waals surface area (Å²) in [5, 5.41) is 3.05. The maximum absolute atomic E-state index is 12.0. The second-order valence-corrected chi connectivity index (χ2v) is 5.83.